The average Bonchev–Trinajstić information content (AvgIpc) is 2.95. The molecule has 0 amide bonds. The van der Waals surface area contributed by atoms with Gasteiger partial charge in [-0.15, -0.1) is 11.3 Å². The van der Waals surface area contributed by atoms with Crippen LogP contribution in [0.5, 0.6) is 0 Å². The van der Waals surface area contributed by atoms with Gasteiger partial charge in [-0.3, -0.25) is 0 Å². The molecule has 0 atom stereocenters. The number of aromatic amines is 1. The number of aromatic nitrogens is 2. The van der Waals surface area contributed by atoms with Gasteiger partial charge in [0.25, 0.3) is 10.0 Å². The summed E-state index contributed by atoms with van der Waals surface area (Å²) in [5, 5.41) is 1.74. The number of aryl methyl sites for hydroxylation is 1. The Morgan fingerprint density at radius 1 is 1.50 bits per heavy atom. The van der Waals surface area contributed by atoms with E-state index in [2.05, 4.69) is 30.6 Å². The maximum absolute atomic E-state index is 11.9. The highest BCUT2D eigenvalue weighted by Crippen LogP contribution is 2.27. The molecule has 2 N–H and O–H groups in total. The molecule has 18 heavy (non-hydrogen) atoms. The van der Waals surface area contributed by atoms with Crippen molar-refractivity contribution in [1.82, 2.24) is 14.7 Å². The fourth-order valence-corrected chi connectivity index (χ4v) is 4.89. The number of hydrogen-bond donors (Lipinski definition) is 2. The van der Waals surface area contributed by atoms with Crippen molar-refractivity contribution >= 4 is 37.3 Å². The molecule has 0 radical (unpaired) electrons. The Hall–Kier alpha value is -0.700. The zero-order chi connectivity index (χ0) is 13.0. The van der Waals surface area contributed by atoms with E-state index in [-0.39, 0.29) is 0 Å². The van der Waals surface area contributed by atoms with Crippen LogP contribution in [0.4, 0.5) is 0 Å². The van der Waals surface area contributed by atoms with Gasteiger partial charge >= 0.3 is 0 Å². The van der Waals surface area contributed by atoms with Gasteiger partial charge < -0.3 is 4.98 Å². The van der Waals surface area contributed by atoms with Crippen molar-refractivity contribution in [1.29, 1.82) is 0 Å². The molecular formula is C10H12BrN3O2S2. The van der Waals surface area contributed by atoms with Crippen LogP contribution in [0.3, 0.4) is 0 Å². The molecule has 2 heterocycles. The highest BCUT2D eigenvalue weighted by atomic mass is 79.9. The number of imidazole rings is 1. The van der Waals surface area contributed by atoms with Gasteiger partial charge in [0, 0.05) is 29.8 Å². The van der Waals surface area contributed by atoms with E-state index in [0.717, 1.165) is 12.2 Å². The second kappa shape index (κ2) is 5.96. The van der Waals surface area contributed by atoms with Crippen molar-refractivity contribution in [3.63, 3.8) is 0 Å². The number of nitrogens with zero attached hydrogens (tertiary/aromatic N) is 1. The van der Waals surface area contributed by atoms with E-state index in [0.29, 0.717) is 21.6 Å². The number of H-pyrrole nitrogens is 1. The lowest BCUT2D eigenvalue weighted by Crippen LogP contribution is -2.24. The lowest BCUT2D eigenvalue weighted by molar-refractivity contribution is 0.580. The molecule has 2 aromatic heterocycles. The van der Waals surface area contributed by atoms with Crippen molar-refractivity contribution in [2.75, 3.05) is 6.54 Å². The summed E-state index contributed by atoms with van der Waals surface area (Å²) in [6.07, 6.45) is 4.86. The van der Waals surface area contributed by atoms with E-state index >= 15 is 0 Å². The molecule has 0 aliphatic heterocycles. The van der Waals surface area contributed by atoms with Crippen molar-refractivity contribution < 1.29 is 8.42 Å². The third-order valence-electron chi connectivity index (χ3n) is 2.27. The van der Waals surface area contributed by atoms with E-state index in [4.69, 9.17) is 0 Å². The van der Waals surface area contributed by atoms with Crippen molar-refractivity contribution in [2.45, 2.75) is 17.1 Å². The topological polar surface area (TPSA) is 74.8 Å². The molecule has 0 unspecified atom stereocenters. The Labute approximate surface area is 118 Å². The van der Waals surface area contributed by atoms with Gasteiger partial charge in [-0.1, -0.05) is 0 Å². The first-order valence-corrected chi connectivity index (χ1v) is 8.46. The molecule has 0 aliphatic carbocycles. The molecule has 0 saturated heterocycles. The fraction of sp³-hybridized carbons (Fsp3) is 0.300. The number of nitrogens with one attached hydrogen (secondary N) is 2. The summed E-state index contributed by atoms with van der Waals surface area (Å²) in [6, 6.07) is 1.72. The Morgan fingerprint density at radius 2 is 2.33 bits per heavy atom. The predicted octanol–water partition coefficient (Wildman–Crippen LogP) is 2.14. The van der Waals surface area contributed by atoms with Crippen LogP contribution in [0, 0.1) is 0 Å². The number of hydrogen-bond acceptors (Lipinski definition) is 4. The van der Waals surface area contributed by atoms with Crippen LogP contribution >= 0.6 is 27.3 Å². The van der Waals surface area contributed by atoms with Crippen LogP contribution in [0.2, 0.25) is 0 Å². The molecule has 2 rings (SSSR count). The third kappa shape index (κ3) is 3.41. The summed E-state index contributed by atoms with van der Waals surface area (Å²) < 4.78 is 27.3. The minimum absolute atomic E-state index is 0.320. The molecule has 0 fully saturated rings. The largest absolute Gasteiger partial charge is 0.349 e. The van der Waals surface area contributed by atoms with E-state index in [1.807, 2.05) is 0 Å². The first-order valence-electron chi connectivity index (χ1n) is 5.30. The lowest BCUT2D eigenvalue weighted by Gasteiger charge is -2.04. The third-order valence-corrected chi connectivity index (χ3v) is 6.40. The fourth-order valence-electron chi connectivity index (χ4n) is 1.43. The van der Waals surface area contributed by atoms with Gasteiger partial charge in [-0.2, -0.15) is 0 Å². The lowest BCUT2D eigenvalue weighted by atomic mass is 10.3. The normalized spacial score (nSPS) is 11.8. The quantitative estimate of drug-likeness (QED) is 0.784. The zero-order valence-electron chi connectivity index (χ0n) is 9.39. The van der Waals surface area contributed by atoms with Gasteiger partial charge in [-0.25, -0.2) is 18.1 Å². The average molecular weight is 350 g/mol. The summed E-state index contributed by atoms with van der Waals surface area (Å²) in [6.45, 7) is 0.396. The molecule has 0 bridgehead atoms. The molecular weight excluding hydrogens is 338 g/mol. The summed E-state index contributed by atoms with van der Waals surface area (Å²) in [5.74, 6) is 0.867. The number of thiophene rings is 1. The summed E-state index contributed by atoms with van der Waals surface area (Å²) >= 11 is 4.42. The van der Waals surface area contributed by atoms with Crippen LogP contribution in [-0.4, -0.2) is 24.9 Å². The molecule has 0 aliphatic rings. The maximum Gasteiger partial charge on any atom is 0.251 e. The van der Waals surface area contributed by atoms with Crippen LogP contribution < -0.4 is 4.72 Å². The first-order chi connectivity index (χ1) is 8.59. The van der Waals surface area contributed by atoms with Gasteiger partial charge in [0.1, 0.15) is 10.0 Å². The van der Waals surface area contributed by atoms with Crippen molar-refractivity contribution in [2.24, 2.45) is 0 Å². The second-order valence-electron chi connectivity index (χ2n) is 3.59. The van der Waals surface area contributed by atoms with E-state index < -0.39 is 10.0 Å². The Morgan fingerprint density at radius 3 is 2.94 bits per heavy atom. The predicted molar refractivity (Wildman–Crippen MR) is 74.1 cm³/mol. The van der Waals surface area contributed by atoms with Crippen LogP contribution in [0.1, 0.15) is 12.2 Å². The molecule has 5 nitrogen and oxygen atoms in total. The zero-order valence-corrected chi connectivity index (χ0v) is 12.6. The Bertz CT molecular complexity index is 592. The van der Waals surface area contributed by atoms with E-state index in [1.54, 1.807) is 23.8 Å². The summed E-state index contributed by atoms with van der Waals surface area (Å²) in [4.78, 5) is 7.05. The monoisotopic (exact) mass is 349 g/mol. The second-order valence-corrected chi connectivity index (χ2v) is 7.33. The highest BCUT2D eigenvalue weighted by Gasteiger charge is 2.18. The smallest absolute Gasteiger partial charge is 0.251 e. The number of halogens is 1. The van der Waals surface area contributed by atoms with Gasteiger partial charge in [0.2, 0.25) is 0 Å². The Balaban J connectivity index is 1.85. The molecule has 0 saturated carbocycles. The maximum atomic E-state index is 11.9. The number of rotatable bonds is 6. The van der Waals surface area contributed by atoms with Gasteiger partial charge in [-0.05, 0) is 33.8 Å². The van der Waals surface area contributed by atoms with E-state index in [9.17, 15) is 8.42 Å². The van der Waals surface area contributed by atoms with Crippen molar-refractivity contribution in [3.05, 3.63) is 34.1 Å². The summed E-state index contributed by atoms with van der Waals surface area (Å²) in [7, 11) is -3.40. The molecule has 0 spiro atoms. The van der Waals surface area contributed by atoms with Crippen LogP contribution in [-0.2, 0) is 16.4 Å². The molecule has 98 valence electrons. The van der Waals surface area contributed by atoms with Crippen LogP contribution in [0.15, 0.2) is 32.5 Å². The standard InChI is InChI=1S/C10H12BrN3O2S2/c11-8-3-7-17-10(8)18(15,16)14-4-1-2-9-12-5-6-13-9/h3,5-7,14H,1-2,4H2,(H,12,13). The minimum atomic E-state index is -3.40. The minimum Gasteiger partial charge on any atom is -0.349 e. The first kappa shape index (κ1) is 13.7. The molecule has 0 aromatic carbocycles. The number of sulfonamides is 1. The SMILES string of the molecule is O=S(=O)(NCCCc1ncc[nH]1)c1sccc1Br. The highest BCUT2D eigenvalue weighted by molar-refractivity contribution is 9.10. The van der Waals surface area contributed by atoms with Gasteiger partial charge in [0.05, 0.1) is 0 Å². The summed E-state index contributed by atoms with van der Waals surface area (Å²) in [5.41, 5.74) is 0. The molecule has 2 aromatic rings. The van der Waals surface area contributed by atoms with E-state index in [1.165, 1.54) is 11.3 Å². The van der Waals surface area contributed by atoms with Crippen LogP contribution in [0.25, 0.3) is 0 Å². The van der Waals surface area contributed by atoms with Gasteiger partial charge in [0.15, 0.2) is 0 Å². The van der Waals surface area contributed by atoms with Crippen molar-refractivity contribution in [3.8, 4) is 0 Å². The molecule has 8 heteroatoms. The Kier molecular flexibility index (Phi) is 4.55.